The highest BCUT2D eigenvalue weighted by atomic mass is 16.6. The quantitative estimate of drug-likeness (QED) is 0.506. The van der Waals surface area contributed by atoms with Crippen molar-refractivity contribution in [1.29, 1.82) is 0 Å². The molecule has 0 aliphatic rings. The first kappa shape index (κ1) is 11.7. The molecule has 2 aromatic rings. The van der Waals surface area contributed by atoms with E-state index in [4.69, 9.17) is 0 Å². The van der Waals surface area contributed by atoms with Crippen LogP contribution in [0.1, 0.15) is 10.4 Å². The van der Waals surface area contributed by atoms with Crippen molar-refractivity contribution in [2.24, 2.45) is 0 Å². The summed E-state index contributed by atoms with van der Waals surface area (Å²) in [7, 11) is 0. The summed E-state index contributed by atoms with van der Waals surface area (Å²) in [5, 5.41) is 13.4. The highest BCUT2D eigenvalue weighted by Crippen LogP contribution is 2.20. The number of anilines is 2. The summed E-state index contributed by atoms with van der Waals surface area (Å²) in [4.78, 5) is 24.8. The summed E-state index contributed by atoms with van der Waals surface area (Å²) < 4.78 is 0. The number of nitrogens with zero attached hydrogens (tertiary/aromatic N) is 2. The van der Waals surface area contributed by atoms with E-state index < -0.39 is 4.92 Å². The van der Waals surface area contributed by atoms with Gasteiger partial charge in [-0.1, -0.05) is 0 Å². The number of non-ortho nitro benzene ring substituents is 1. The molecule has 0 unspecified atom stereocenters. The smallest absolute Gasteiger partial charge is 0.269 e. The maximum atomic E-state index is 10.8. The Labute approximate surface area is 102 Å². The molecule has 0 spiro atoms. The average Bonchev–Trinajstić information content (AvgIpc) is 2.40. The number of nitro benzene ring substituents is 1. The van der Waals surface area contributed by atoms with Crippen molar-refractivity contribution in [3.8, 4) is 0 Å². The van der Waals surface area contributed by atoms with Gasteiger partial charge >= 0.3 is 0 Å². The number of benzene rings is 1. The van der Waals surface area contributed by atoms with E-state index in [2.05, 4.69) is 10.3 Å². The van der Waals surface area contributed by atoms with Gasteiger partial charge in [-0.15, -0.1) is 0 Å². The average molecular weight is 243 g/mol. The summed E-state index contributed by atoms with van der Waals surface area (Å²) in [5.74, 6) is 0.418. The third kappa shape index (κ3) is 2.49. The molecule has 0 bridgehead atoms. The summed E-state index contributed by atoms with van der Waals surface area (Å²) >= 11 is 0. The molecule has 6 nitrogen and oxygen atoms in total. The van der Waals surface area contributed by atoms with Crippen LogP contribution in [-0.2, 0) is 0 Å². The van der Waals surface area contributed by atoms with Crippen LogP contribution in [0.5, 0.6) is 0 Å². The zero-order valence-corrected chi connectivity index (χ0v) is 9.24. The second kappa shape index (κ2) is 5.05. The lowest BCUT2D eigenvalue weighted by molar-refractivity contribution is -0.384. The number of nitrogens with one attached hydrogen (secondary N) is 1. The lowest BCUT2D eigenvalue weighted by Crippen LogP contribution is -1.98. The van der Waals surface area contributed by atoms with E-state index in [1.807, 2.05) is 0 Å². The Bertz CT molecular complexity index is 581. The van der Waals surface area contributed by atoms with Crippen LogP contribution in [0.25, 0.3) is 0 Å². The molecule has 1 aromatic heterocycles. The molecular formula is C12H9N3O3. The van der Waals surface area contributed by atoms with Crippen LogP contribution in [0, 0.1) is 10.1 Å². The van der Waals surface area contributed by atoms with Crippen molar-refractivity contribution in [3.05, 3.63) is 58.3 Å². The molecule has 0 saturated carbocycles. The summed E-state index contributed by atoms with van der Waals surface area (Å²) in [6.07, 6.45) is 2.25. The molecule has 90 valence electrons. The summed E-state index contributed by atoms with van der Waals surface area (Å²) in [6, 6.07) is 9.17. The number of carbonyl (C=O) groups is 1. The number of pyridine rings is 1. The molecule has 6 heteroatoms. The molecule has 1 heterocycles. The Morgan fingerprint density at radius 2 is 1.94 bits per heavy atom. The Morgan fingerprint density at radius 3 is 2.56 bits per heavy atom. The van der Waals surface area contributed by atoms with Gasteiger partial charge in [0.25, 0.3) is 5.69 Å². The van der Waals surface area contributed by atoms with Crippen molar-refractivity contribution >= 4 is 23.5 Å². The minimum Gasteiger partial charge on any atom is -0.340 e. The third-order valence-corrected chi connectivity index (χ3v) is 2.31. The molecule has 1 N–H and O–H groups in total. The molecule has 2 rings (SSSR count). The molecular weight excluding hydrogens is 234 g/mol. The molecule has 0 aliphatic carbocycles. The number of rotatable bonds is 4. The van der Waals surface area contributed by atoms with E-state index in [0.29, 0.717) is 23.4 Å². The highest BCUT2D eigenvalue weighted by Gasteiger charge is 2.06. The molecule has 1 aromatic carbocycles. The van der Waals surface area contributed by atoms with Crippen molar-refractivity contribution in [2.75, 3.05) is 5.32 Å². The van der Waals surface area contributed by atoms with Gasteiger partial charge in [-0.25, -0.2) is 4.98 Å². The minimum atomic E-state index is -0.471. The predicted octanol–water partition coefficient (Wildman–Crippen LogP) is 2.55. The van der Waals surface area contributed by atoms with Crippen molar-refractivity contribution in [1.82, 2.24) is 4.98 Å². The van der Waals surface area contributed by atoms with Gasteiger partial charge in [-0.2, -0.15) is 0 Å². The van der Waals surface area contributed by atoms with Gasteiger partial charge in [0.05, 0.1) is 10.5 Å². The summed E-state index contributed by atoms with van der Waals surface area (Å²) in [5.41, 5.74) is 1.07. The Morgan fingerprint density at radius 1 is 1.22 bits per heavy atom. The Kier molecular flexibility index (Phi) is 3.29. The number of aromatic nitrogens is 1. The van der Waals surface area contributed by atoms with E-state index in [1.54, 1.807) is 30.5 Å². The van der Waals surface area contributed by atoms with Crippen LogP contribution >= 0.6 is 0 Å². The summed E-state index contributed by atoms with van der Waals surface area (Å²) in [6.45, 7) is 0. The Balaban J connectivity index is 2.23. The van der Waals surface area contributed by atoms with Crippen LogP contribution < -0.4 is 5.32 Å². The van der Waals surface area contributed by atoms with Gasteiger partial charge < -0.3 is 5.32 Å². The van der Waals surface area contributed by atoms with E-state index in [1.165, 1.54) is 12.1 Å². The molecule has 0 aliphatic heterocycles. The number of carbonyl (C=O) groups excluding carboxylic acids is 1. The molecule has 0 amide bonds. The molecule has 0 atom stereocenters. The van der Waals surface area contributed by atoms with E-state index >= 15 is 0 Å². The van der Waals surface area contributed by atoms with Crippen molar-refractivity contribution < 1.29 is 9.72 Å². The fraction of sp³-hybridized carbons (Fsp3) is 0. The maximum Gasteiger partial charge on any atom is 0.269 e. The van der Waals surface area contributed by atoms with Gasteiger partial charge in [0.2, 0.25) is 0 Å². The maximum absolute atomic E-state index is 10.8. The molecule has 0 saturated heterocycles. The second-order valence-corrected chi connectivity index (χ2v) is 3.49. The standard InChI is InChI=1S/C12H9N3O3/c16-8-9-2-1-7-13-12(9)14-10-3-5-11(6-4-10)15(17)18/h1-8H,(H,13,14). The SMILES string of the molecule is O=Cc1cccnc1Nc1ccc([N+](=O)[O-])cc1. The monoisotopic (exact) mass is 243 g/mol. The topological polar surface area (TPSA) is 85.1 Å². The van der Waals surface area contributed by atoms with Crippen LogP contribution in [-0.4, -0.2) is 16.2 Å². The number of hydrogen-bond donors (Lipinski definition) is 1. The zero-order chi connectivity index (χ0) is 13.0. The van der Waals surface area contributed by atoms with Gasteiger partial charge in [0.15, 0.2) is 6.29 Å². The first-order chi connectivity index (χ1) is 8.70. The van der Waals surface area contributed by atoms with E-state index in [0.717, 1.165) is 0 Å². The highest BCUT2D eigenvalue weighted by molar-refractivity contribution is 5.83. The third-order valence-electron chi connectivity index (χ3n) is 2.31. The largest absolute Gasteiger partial charge is 0.340 e. The first-order valence-corrected chi connectivity index (χ1v) is 5.12. The minimum absolute atomic E-state index is 0.0113. The van der Waals surface area contributed by atoms with Gasteiger partial charge in [0.1, 0.15) is 5.82 Å². The fourth-order valence-corrected chi connectivity index (χ4v) is 1.42. The van der Waals surface area contributed by atoms with Crippen molar-refractivity contribution in [2.45, 2.75) is 0 Å². The second-order valence-electron chi connectivity index (χ2n) is 3.49. The lowest BCUT2D eigenvalue weighted by Gasteiger charge is -2.06. The van der Waals surface area contributed by atoms with Crippen LogP contribution in [0.15, 0.2) is 42.6 Å². The number of aldehydes is 1. The lowest BCUT2D eigenvalue weighted by atomic mass is 10.2. The van der Waals surface area contributed by atoms with Crippen molar-refractivity contribution in [3.63, 3.8) is 0 Å². The number of nitro groups is 1. The van der Waals surface area contributed by atoms with Gasteiger partial charge in [0, 0.05) is 24.0 Å². The van der Waals surface area contributed by atoms with Gasteiger partial charge in [-0.3, -0.25) is 14.9 Å². The van der Waals surface area contributed by atoms with Gasteiger partial charge in [-0.05, 0) is 24.3 Å². The Hall–Kier alpha value is -2.76. The van der Waals surface area contributed by atoms with Crippen LogP contribution in [0.4, 0.5) is 17.2 Å². The van der Waals surface area contributed by atoms with Crippen LogP contribution in [0.2, 0.25) is 0 Å². The molecule has 0 fully saturated rings. The van der Waals surface area contributed by atoms with Crippen LogP contribution in [0.3, 0.4) is 0 Å². The number of hydrogen-bond acceptors (Lipinski definition) is 5. The molecule has 18 heavy (non-hydrogen) atoms. The predicted molar refractivity (Wildman–Crippen MR) is 66.0 cm³/mol. The van der Waals surface area contributed by atoms with E-state index in [9.17, 15) is 14.9 Å². The first-order valence-electron chi connectivity index (χ1n) is 5.12. The van der Waals surface area contributed by atoms with E-state index in [-0.39, 0.29) is 5.69 Å². The zero-order valence-electron chi connectivity index (χ0n) is 9.24. The normalized spacial score (nSPS) is 9.78. The fourth-order valence-electron chi connectivity index (χ4n) is 1.42. The molecule has 0 radical (unpaired) electrons.